The van der Waals surface area contributed by atoms with Crippen LogP contribution in [0.3, 0.4) is 0 Å². The second-order valence-electron chi connectivity index (χ2n) is 5.21. The van der Waals surface area contributed by atoms with Crippen molar-refractivity contribution >= 4 is 34.7 Å². The van der Waals surface area contributed by atoms with E-state index in [0.29, 0.717) is 22.1 Å². The van der Waals surface area contributed by atoms with Gasteiger partial charge in [0, 0.05) is 23.1 Å². The van der Waals surface area contributed by atoms with Gasteiger partial charge >= 0.3 is 0 Å². The van der Waals surface area contributed by atoms with Crippen LogP contribution in [0.4, 0.5) is 17.2 Å². The highest BCUT2D eigenvalue weighted by molar-refractivity contribution is 6.30. The van der Waals surface area contributed by atoms with Gasteiger partial charge in [-0.1, -0.05) is 17.7 Å². The van der Waals surface area contributed by atoms with E-state index in [-0.39, 0.29) is 5.91 Å². The number of nitrogens with one attached hydrogen (secondary N) is 2. The largest absolute Gasteiger partial charge is 0.340 e. The predicted octanol–water partition coefficient (Wildman–Crippen LogP) is 4.43. The van der Waals surface area contributed by atoms with Crippen molar-refractivity contribution in [3.63, 3.8) is 0 Å². The first-order chi connectivity index (χ1) is 11.6. The Kier molecular flexibility index (Phi) is 4.72. The molecule has 0 bridgehead atoms. The lowest BCUT2D eigenvalue weighted by Gasteiger charge is -2.10. The van der Waals surface area contributed by atoms with E-state index in [2.05, 4.69) is 20.6 Å². The third kappa shape index (κ3) is 3.88. The second-order valence-corrected chi connectivity index (χ2v) is 5.65. The van der Waals surface area contributed by atoms with Gasteiger partial charge in [0.1, 0.15) is 5.82 Å². The maximum Gasteiger partial charge on any atom is 0.257 e. The Labute approximate surface area is 144 Å². The van der Waals surface area contributed by atoms with Gasteiger partial charge in [0.15, 0.2) is 0 Å². The summed E-state index contributed by atoms with van der Waals surface area (Å²) in [5.74, 6) is 0.441. The Balaban J connectivity index is 1.69. The summed E-state index contributed by atoms with van der Waals surface area (Å²) < 4.78 is 0. The summed E-state index contributed by atoms with van der Waals surface area (Å²) in [6.07, 6.45) is 4.73. The van der Waals surface area contributed by atoms with Gasteiger partial charge in [-0.05, 0) is 48.9 Å². The van der Waals surface area contributed by atoms with Crippen LogP contribution in [0, 0.1) is 6.92 Å². The number of halogens is 1. The third-order valence-electron chi connectivity index (χ3n) is 3.41. The lowest BCUT2D eigenvalue weighted by Crippen LogP contribution is -2.12. The first-order valence-corrected chi connectivity index (χ1v) is 7.70. The molecule has 0 radical (unpaired) electrons. The van der Waals surface area contributed by atoms with Crippen LogP contribution in [0.1, 0.15) is 15.9 Å². The van der Waals surface area contributed by atoms with Crippen molar-refractivity contribution in [2.45, 2.75) is 6.92 Å². The van der Waals surface area contributed by atoms with E-state index in [1.54, 1.807) is 36.7 Å². The zero-order valence-corrected chi connectivity index (χ0v) is 13.7. The summed E-state index contributed by atoms with van der Waals surface area (Å²) in [5, 5.41) is 6.64. The van der Waals surface area contributed by atoms with Gasteiger partial charge in [0.2, 0.25) is 0 Å². The highest BCUT2D eigenvalue weighted by atomic mass is 35.5. The molecule has 3 aromatic rings. The Morgan fingerprint density at radius 3 is 2.71 bits per heavy atom. The monoisotopic (exact) mass is 338 g/mol. The third-order valence-corrected chi connectivity index (χ3v) is 3.64. The van der Waals surface area contributed by atoms with Crippen molar-refractivity contribution in [1.82, 2.24) is 9.97 Å². The summed E-state index contributed by atoms with van der Waals surface area (Å²) in [6.45, 7) is 1.99. The number of anilines is 3. The molecular formula is C18H15ClN4O. The lowest BCUT2D eigenvalue weighted by atomic mass is 10.2. The van der Waals surface area contributed by atoms with E-state index >= 15 is 0 Å². The highest BCUT2D eigenvalue weighted by Crippen LogP contribution is 2.23. The minimum Gasteiger partial charge on any atom is -0.340 e. The molecule has 0 aliphatic rings. The Bertz CT molecular complexity index is 851. The molecule has 0 aliphatic carbocycles. The quantitative estimate of drug-likeness (QED) is 0.738. The molecule has 5 nitrogen and oxygen atoms in total. The number of carbonyl (C=O) groups excluding carboxylic acids is 1. The first kappa shape index (κ1) is 16.0. The molecule has 1 aromatic carbocycles. The summed E-state index contributed by atoms with van der Waals surface area (Å²) in [6, 6.07) is 12.6. The fraction of sp³-hybridized carbons (Fsp3) is 0.0556. The molecule has 2 heterocycles. The van der Waals surface area contributed by atoms with Gasteiger partial charge in [-0.2, -0.15) is 0 Å². The summed E-state index contributed by atoms with van der Waals surface area (Å²) >= 11 is 6.01. The van der Waals surface area contributed by atoms with Crippen LogP contribution in [-0.4, -0.2) is 15.9 Å². The maximum atomic E-state index is 12.1. The normalized spacial score (nSPS) is 10.2. The zero-order valence-electron chi connectivity index (χ0n) is 13.0. The van der Waals surface area contributed by atoms with Crippen LogP contribution in [0.25, 0.3) is 0 Å². The minimum absolute atomic E-state index is 0.226. The van der Waals surface area contributed by atoms with Crippen molar-refractivity contribution < 1.29 is 4.79 Å². The van der Waals surface area contributed by atoms with E-state index in [1.807, 2.05) is 25.1 Å². The smallest absolute Gasteiger partial charge is 0.257 e. The first-order valence-electron chi connectivity index (χ1n) is 7.32. The molecular weight excluding hydrogens is 324 g/mol. The fourth-order valence-corrected chi connectivity index (χ4v) is 2.28. The Hall–Kier alpha value is -2.92. The number of pyridine rings is 2. The molecule has 0 saturated carbocycles. The van der Waals surface area contributed by atoms with E-state index in [9.17, 15) is 4.79 Å². The van der Waals surface area contributed by atoms with Gasteiger partial charge in [-0.15, -0.1) is 0 Å². The highest BCUT2D eigenvalue weighted by Gasteiger charge is 2.06. The van der Waals surface area contributed by atoms with E-state index < -0.39 is 0 Å². The van der Waals surface area contributed by atoms with Gasteiger partial charge in [0.05, 0.1) is 17.4 Å². The second kappa shape index (κ2) is 7.10. The molecule has 0 spiro atoms. The number of nitrogens with zero attached hydrogens (tertiary/aromatic N) is 2. The standard InChI is InChI=1S/C18H15ClN4O/c1-12-4-5-14(19)9-16(12)23-17-7-6-15(11-21-17)22-18(24)13-3-2-8-20-10-13/h2-11H,1H3,(H,21,23)(H,22,24). The Morgan fingerprint density at radius 2 is 2.00 bits per heavy atom. The molecule has 2 N–H and O–H groups in total. The lowest BCUT2D eigenvalue weighted by molar-refractivity contribution is 0.102. The molecule has 0 atom stereocenters. The minimum atomic E-state index is -0.226. The molecule has 0 fully saturated rings. The van der Waals surface area contributed by atoms with Crippen molar-refractivity contribution in [2.24, 2.45) is 0 Å². The Morgan fingerprint density at radius 1 is 1.12 bits per heavy atom. The number of benzene rings is 1. The van der Waals surface area contributed by atoms with E-state index in [4.69, 9.17) is 11.6 Å². The summed E-state index contributed by atoms with van der Waals surface area (Å²) in [5.41, 5.74) is 3.06. The number of hydrogen-bond acceptors (Lipinski definition) is 4. The average Bonchev–Trinajstić information content (AvgIpc) is 2.60. The van der Waals surface area contributed by atoms with Crippen LogP contribution >= 0.6 is 11.6 Å². The molecule has 3 rings (SSSR count). The summed E-state index contributed by atoms with van der Waals surface area (Å²) in [4.78, 5) is 20.3. The number of carbonyl (C=O) groups is 1. The predicted molar refractivity (Wildman–Crippen MR) is 95.9 cm³/mol. The number of amides is 1. The molecule has 120 valence electrons. The van der Waals surface area contributed by atoms with Gasteiger partial charge in [0.25, 0.3) is 5.91 Å². The van der Waals surface area contributed by atoms with Gasteiger partial charge < -0.3 is 10.6 Å². The molecule has 6 heteroatoms. The van der Waals surface area contributed by atoms with E-state index in [1.165, 1.54) is 6.20 Å². The molecule has 0 aliphatic heterocycles. The van der Waals surface area contributed by atoms with Gasteiger partial charge in [-0.25, -0.2) is 4.98 Å². The fourth-order valence-electron chi connectivity index (χ4n) is 2.11. The summed E-state index contributed by atoms with van der Waals surface area (Å²) in [7, 11) is 0. The molecule has 24 heavy (non-hydrogen) atoms. The maximum absolute atomic E-state index is 12.1. The van der Waals surface area contributed by atoms with Gasteiger partial charge in [-0.3, -0.25) is 9.78 Å². The number of aromatic nitrogens is 2. The molecule has 2 aromatic heterocycles. The van der Waals surface area contributed by atoms with E-state index in [0.717, 1.165) is 11.3 Å². The van der Waals surface area contributed by atoms with Crippen LogP contribution in [0.2, 0.25) is 5.02 Å². The molecule has 0 saturated heterocycles. The number of rotatable bonds is 4. The molecule has 1 amide bonds. The topological polar surface area (TPSA) is 66.9 Å². The molecule has 0 unspecified atom stereocenters. The van der Waals surface area contributed by atoms with Crippen molar-refractivity contribution in [3.8, 4) is 0 Å². The zero-order chi connectivity index (χ0) is 16.9. The number of hydrogen-bond donors (Lipinski definition) is 2. The van der Waals surface area contributed by atoms with Crippen LogP contribution in [0.5, 0.6) is 0 Å². The SMILES string of the molecule is Cc1ccc(Cl)cc1Nc1ccc(NC(=O)c2cccnc2)cn1. The van der Waals surface area contributed by atoms with Crippen molar-refractivity contribution in [1.29, 1.82) is 0 Å². The van der Waals surface area contributed by atoms with Crippen molar-refractivity contribution in [2.75, 3.05) is 10.6 Å². The van der Waals surface area contributed by atoms with Crippen LogP contribution in [-0.2, 0) is 0 Å². The number of aryl methyl sites for hydroxylation is 1. The van der Waals surface area contributed by atoms with Crippen LogP contribution in [0.15, 0.2) is 61.1 Å². The average molecular weight is 339 g/mol. The van der Waals surface area contributed by atoms with Crippen molar-refractivity contribution in [3.05, 3.63) is 77.2 Å². The van der Waals surface area contributed by atoms with Crippen LogP contribution < -0.4 is 10.6 Å².